The van der Waals surface area contributed by atoms with Crippen molar-refractivity contribution >= 4 is 0 Å². The van der Waals surface area contributed by atoms with E-state index in [9.17, 15) is 5.26 Å². The summed E-state index contributed by atoms with van der Waals surface area (Å²) in [6.45, 7) is 1.97. The van der Waals surface area contributed by atoms with E-state index in [0.717, 1.165) is 30.8 Å². The fourth-order valence-corrected chi connectivity index (χ4v) is 3.39. The summed E-state index contributed by atoms with van der Waals surface area (Å²) in [6, 6.07) is 18.6. The van der Waals surface area contributed by atoms with Crippen molar-refractivity contribution < 1.29 is 0 Å². The number of hydrogen-bond donors (Lipinski definition) is 0. The number of hydrogen-bond acceptors (Lipinski definition) is 3. The number of benzene rings is 1. The average Bonchev–Trinajstić information content (AvgIpc) is 2.98. The third kappa shape index (κ3) is 2.32. The first-order valence-electron chi connectivity index (χ1n) is 7.34. The minimum absolute atomic E-state index is 0.268. The highest BCUT2D eigenvalue weighted by Crippen LogP contribution is 2.41. The molecule has 2 aromatic rings. The Balaban J connectivity index is 2.17. The number of likely N-dealkylation sites (tertiary alicyclic amines) is 1. The first kappa shape index (κ1) is 13.8. The fourth-order valence-electron chi connectivity index (χ4n) is 3.39. The third-order valence-corrected chi connectivity index (χ3v) is 4.48. The molecule has 0 radical (unpaired) electrons. The van der Waals surface area contributed by atoms with Crippen molar-refractivity contribution in [2.45, 2.75) is 11.8 Å². The van der Waals surface area contributed by atoms with Gasteiger partial charge in [-0.15, -0.1) is 0 Å². The van der Waals surface area contributed by atoms with Crippen molar-refractivity contribution in [1.82, 2.24) is 9.88 Å². The molecule has 1 fully saturated rings. The van der Waals surface area contributed by atoms with E-state index < -0.39 is 5.41 Å². The highest BCUT2D eigenvalue weighted by atomic mass is 15.1. The predicted molar refractivity (Wildman–Crippen MR) is 82.7 cm³/mol. The summed E-state index contributed by atoms with van der Waals surface area (Å²) in [6.07, 6.45) is 2.80. The van der Waals surface area contributed by atoms with E-state index >= 15 is 0 Å². The maximum Gasteiger partial charge on any atom is 0.128 e. The van der Waals surface area contributed by atoms with Crippen LogP contribution in [0.5, 0.6) is 0 Å². The second kappa shape index (κ2) is 5.67. The maximum absolute atomic E-state index is 10.1. The lowest BCUT2D eigenvalue weighted by atomic mass is 9.68. The highest BCUT2D eigenvalue weighted by molar-refractivity contribution is 5.44. The van der Waals surface area contributed by atoms with Crippen LogP contribution in [-0.4, -0.2) is 30.0 Å². The molecule has 0 spiro atoms. The molecular weight excluding hydrogens is 258 g/mol. The SMILES string of the molecule is CN1CCC(C(C#N)(c2ccccc2)c2ccccn2)C1. The molecule has 0 N–H and O–H groups in total. The summed E-state index contributed by atoms with van der Waals surface area (Å²) in [5.41, 5.74) is 1.25. The molecule has 3 heteroatoms. The Bertz CT molecular complexity index is 591. The van der Waals surface area contributed by atoms with Crippen molar-refractivity contribution in [2.24, 2.45) is 5.92 Å². The molecule has 0 aliphatic carbocycles. The van der Waals surface area contributed by atoms with Gasteiger partial charge in [0.05, 0.1) is 11.8 Å². The van der Waals surface area contributed by atoms with Crippen LogP contribution >= 0.6 is 0 Å². The van der Waals surface area contributed by atoms with Crippen molar-refractivity contribution in [3.05, 3.63) is 66.0 Å². The Hall–Kier alpha value is -2.18. The molecule has 1 aliphatic rings. The standard InChI is InChI=1S/C18H19N3/c1-21-12-10-16(13-21)18(14-19,15-7-3-2-4-8-15)17-9-5-6-11-20-17/h2-9,11,16H,10,12-13H2,1H3. The Morgan fingerprint density at radius 3 is 2.52 bits per heavy atom. The minimum atomic E-state index is -0.659. The Labute approximate surface area is 125 Å². The van der Waals surface area contributed by atoms with Gasteiger partial charge in [0, 0.05) is 18.7 Å². The summed E-state index contributed by atoms with van der Waals surface area (Å²) >= 11 is 0. The van der Waals surface area contributed by atoms with E-state index in [4.69, 9.17) is 0 Å². The zero-order valence-corrected chi connectivity index (χ0v) is 12.2. The molecule has 1 aromatic carbocycles. The largest absolute Gasteiger partial charge is 0.306 e. The molecule has 1 aromatic heterocycles. The van der Waals surface area contributed by atoms with Crippen LogP contribution in [0.15, 0.2) is 54.7 Å². The van der Waals surface area contributed by atoms with Gasteiger partial charge >= 0.3 is 0 Å². The molecular formula is C18H19N3. The molecule has 1 aliphatic heterocycles. The molecule has 0 bridgehead atoms. The molecule has 3 nitrogen and oxygen atoms in total. The Kier molecular flexibility index (Phi) is 3.72. The van der Waals surface area contributed by atoms with Gasteiger partial charge in [0.15, 0.2) is 0 Å². The number of rotatable bonds is 3. The van der Waals surface area contributed by atoms with E-state index in [-0.39, 0.29) is 5.92 Å². The fraction of sp³-hybridized carbons (Fsp3) is 0.333. The number of nitrogens with zero attached hydrogens (tertiary/aromatic N) is 3. The van der Waals surface area contributed by atoms with Gasteiger partial charge in [-0.3, -0.25) is 4.98 Å². The highest BCUT2D eigenvalue weighted by Gasteiger charge is 2.45. The van der Waals surface area contributed by atoms with Gasteiger partial charge in [-0.1, -0.05) is 36.4 Å². The predicted octanol–water partition coefficient (Wildman–Crippen LogP) is 2.84. The van der Waals surface area contributed by atoms with Gasteiger partial charge in [0.2, 0.25) is 0 Å². The lowest BCUT2D eigenvalue weighted by Crippen LogP contribution is -2.37. The van der Waals surface area contributed by atoms with Gasteiger partial charge in [0.25, 0.3) is 0 Å². The molecule has 0 amide bonds. The topological polar surface area (TPSA) is 39.9 Å². The second-order valence-electron chi connectivity index (χ2n) is 5.75. The van der Waals surface area contributed by atoms with Crippen molar-refractivity contribution in [3.8, 4) is 6.07 Å². The van der Waals surface area contributed by atoms with Gasteiger partial charge in [-0.2, -0.15) is 5.26 Å². The number of nitriles is 1. The zero-order chi connectivity index (χ0) is 14.7. The van der Waals surface area contributed by atoms with E-state index in [2.05, 4.69) is 35.1 Å². The van der Waals surface area contributed by atoms with Crippen LogP contribution in [-0.2, 0) is 5.41 Å². The van der Waals surface area contributed by atoms with Crippen molar-refractivity contribution in [3.63, 3.8) is 0 Å². The lowest BCUT2D eigenvalue weighted by Gasteiger charge is -2.32. The van der Waals surface area contributed by atoms with Gasteiger partial charge in [0.1, 0.15) is 5.41 Å². The van der Waals surface area contributed by atoms with E-state index in [1.807, 2.05) is 36.4 Å². The molecule has 2 atom stereocenters. The minimum Gasteiger partial charge on any atom is -0.306 e. The lowest BCUT2D eigenvalue weighted by molar-refractivity contribution is 0.351. The molecule has 21 heavy (non-hydrogen) atoms. The Morgan fingerprint density at radius 2 is 1.95 bits per heavy atom. The van der Waals surface area contributed by atoms with Crippen LogP contribution < -0.4 is 0 Å². The molecule has 3 rings (SSSR count). The van der Waals surface area contributed by atoms with Crippen LogP contribution in [0.3, 0.4) is 0 Å². The molecule has 1 saturated heterocycles. The third-order valence-electron chi connectivity index (χ3n) is 4.48. The van der Waals surface area contributed by atoms with Crippen LogP contribution in [0.4, 0.5) is 0 Å². The van der Waals surface area contributed by atoms with Crippen LogP contribution in [0.1, 0.15) is 17.7 Å². The molecule has 106 valence electrons. The van der Waals surface area contributed by atoms with Gasteiger partial charge < -0.3 is 4.90 Å². The van der Waals surface area contributed by atoms with Gasteiger partial charge in [-0.05, 0) is 37.7 Å². The second-order valence-corrected chi connectivity index (χ2v) is 5.75. The maximum atomic E-state index is 10.1. The summed E-state index contributed by atoms with van der Waals surface area (Å²) in [5, 5.41) is 10.1. The first-order chi connectivity index (χ1) is 10.3. The van der Waals surface area contributed by atoms with E-state index in [1.54, 1.807) is 6.20 Å². The summed E-state index contributed by atoms with van der Waals surface area (Å²) in [4.78, 5) is 6.82. The molecule has 2 unspecified atom stereocenters. The number of aromatic nitrogens is 1. The summed E-state index contributed by atoms with van der Waals surface area (Å²) in [7, 11) is 2.12. The van der Waals surface area contributed by atoms with Crippen LogP contribution in [0.25, 0.3) is 0 Å². The van der Waals surface area contributed by atoms with Crippen molar-refractivity contribution in [1.29, 1.82) is 5.26 Å². The van der Waals surface area contributed by atoms with Crippen LogP contribution in [0.2, 0.25) is 0 Å². The monoisotopic (exact) mass is 277 g/mol. The average molecular weight is 277 g/mol. The first-order valence-corrected chi connectivity index (χ1v) is 7.34. The van der Waals surface area contributed by atoms with Gasteiger partial charge in [-0.25, -0.2) is 0 Å². The zero-order valence-electron chi connectivity index (χ0n) is 12.2. The quantitative estimate of drug-likeness (QED) is 0.866. The number of pyridine rings is 1. The van der Waals surface area contributed by atoms with Crippen molar-refractivity contribution in [2.75, 3.05) is 20.1 Å². The Morgan fingerprint density at radius 1 is 1.19 bits per heavy atom. The smallest absolute Gasteiger partial charge is 0.128 e. The summed E-state index contributed by atoms with van der Waals surface area (Å²) in [5.74, 6) is 0.268. The molecule has 0 saturated carbocycles. The summed E-state index contributed by atoms with van der Waals surface area (Å²) < 4.78 is 0. The van der Waals surface area contributed by atoms with E-state index in [1.165, 1.54) is 0 Å². The van der Waals surface area contributed by atoms with E-state index in [0.29, 0.717) is 0 Å². The normalized spacial score (nSPS) is 21.6. The molecule has 2 heterocycles. The van der Waals surface area contributed by atoms with Crippen LogP contribution in [0, 0.1) is 17.2 Å².